The van der Waals surface area contributed by atoms with Gasteiger partial charge in [-0.1, -0.05) is 19.1 Å². The minimum absolute atomic E-state index is 0.0376. The van der Waals surface area contributed by atoms with Crippen molar-refractivity contribution in [1.29, 1.82) is 0 Å². The third kappa shape index (κ3) is 4.17. The molecule has 0 unspecified atom stereocenters. The fourth-order valence-corrected chi connectivity index (χ4v) is 4.46. The summed E-state index contributed by atoms with van der Waals surface area (Å²) in [5.41, 5.74) is 1.67. The molecule has 3 aliphatic rings. The topological polar surface area (TPSA) is 70.7 Å². The molecule has 4 rings (SSSR count). The van der Waals surface area contributed by atoms with Gasteiger partial charge in [0, 0.05) is 31.2 Å². The Morgan fingerprint density at radius 3 is 2.79 bits per heavy atom. The van der Waals surface area contributed by atoms with Crippen LogP contribution in [0.3, 0.4) is 0 Å². The van der Waals surface area contributed by atoms with E-state index in [0.717, 1.165) is 37.1 Å². The van der Waals surface area contributed by atoms with Crippen molar-refractivity contribution in [3.63, 3.8) is 0 Å². The monoisotopic (exact) mass is 385 g/mol. The van der Waals surface area contributed by atoms with Gasteiger partial charge in [-0.05, 0) is 62.6 Å². The van der Waals surface area contributed by atoms with Crippen molar-refractivity contribution in [2.75, 3.05) is 25.0 Å². The van der Waals surface area contributed by atoms with Crippen molar-refractivity contribution < 1.29 is 14.3 Å². The van der Waals surface area contributed by atoms with E-state index in [-0.39, 0.29) is 29.6 Å². The first-order valence-electron chi connectivity index (χ1n) is 10.5. The van der Waals surface area contributed by atoms with Crippen molar-refractivity contribution in [3.8, 4) is 0 Å². The predicted octanol–water partition coefficient (Wildman–Crippen LogP) is 3.31. The van der Waals surface area contributed by atoms with Crippen LogP contribution < -0.4 is 10.6 Å². The van der Waals surface area contributed by atoms with Crippen molar-refractivity contribution in [2.24, 2.45) is 11.8 Å². The molecule has 3 fully saturated rings. The van der Waals surface area contributed by atoms with Gasteiger partial charge in [0.1, 0.15) is 6.10 Å². The molecule has 152 valence electrons. The summed E-state index contributed by atoms with van der Waals surface area (Å²) >= 11 is 0. The van der Waals surface area contributed by atoms with Gasteiger partial charge in [0.05, 0.1) is 5.60 Å². The maximum atomic E-state index is 12.7. The lowest BCUT2D eigenvalue weighted by Gasteiger charge is -2.44. The number of ether oxygens (including phenoxy) is 1. The molecule has 6 nitrogen and oxygen atoms in total. The number of urea groups is 1. The Hall–Kier alpha value is -2.08. The van der Waals surface area contributed by atoms with Crippen LogP contribution in [-0.2, 0) is 9.53 Å². The van der Waals surface area contributed by atoms with Gasteiger partial charge in [-0.2, -0.15) is 0 Å². The van der Waals surface area contributed by atoms with E-state index in [9.17, 15) is 9.59 Å². The van der Waals surface area contributed by atoms with Gasteiger partial charge in [-0.25, -0.2) is 4.79 Å². The summed E-state index contributed by atoms with van der Waals surface area (Å²) in [6, 6.07) is 7.77. The molecule has 1 spiro atoms. The third-order valence-corrected chi connectivity index (χ3v) is 6.51. The highest BCUT2D eigenvalue weighted by molar-refractivity contribution is 5.89. The van der Waals surface area contributed by atoms with Gasteiger partial charge in [0.2, 0.25) is 5.91 Å². The zero-order valence-corrected chi connectivity index (χ0v) is 16.9. The molecule has 6 heteroatoms. The molecule has 1 aliphatic carbocycles. The number of carbonyl (C=O) groups excluding carboxylic acids is 2. The predicted molar refractivity (Wildman–Crippen MR) is 108 cm³/mol. The van der Waals surface area contributed by atoms with E-state index >= 15 is 0 Å². The second kappa shape index (κ2) is 7.74. The minimum atomic E-state index is -0.339. The Morgan fingerprint density at radius 1 is 1.25 bits per heavy atom. The maximum absolute atomic E-state index is 12.7. The number of hydrogen-bond donors (Lipinski definition) is 2. The number of nitrogens with one attached hydrogen (secondary N) is 2. The van der Waals surface area contributed by atoms with Crippen LogP contribution in [0.15, 0.2) is 24.3 Å². The van der Waals surface area contributed by atoms with Crippen LogP contribution in [0.25, 0.3) is 0 Å². The lowest BCUT2D eigenvalue weighted by molar-refractivity contribution is -0.146. The standard InChI is InChI=1S/C22H31N3O3/c1-15-4-3-5-18(12-15)24-21(27)25-11-10-22(16(2)14-25)9-8-19(28-22)20(26)23-13-17-6-7-17/h3-5,12,16-17,19H,6-11,13-14H2,1-2H3,(H,23,26)(H,24,27)/t16-,19-,22-/m1/s1. The largest absolute Gasteiger partial charge is 0.362 e. The third-order valence-electron chi connectivity index (χ3n) is 6.51. The van der Waals surface area contributed by atoms with Gasteiger partial charge in [-0.15, -0.1) is 0 Å². The van der Waals surface area contributed by atoms with Gasteiger partial charge < -0.3 is 20.3 Å². The van der Waals surface area contributed by atoms with E-state index < -0.39 is 0 Å². The molecule has 2 heterocycles. The Kier molecular flexibility index (Phi) is 5.32. The number of rotatable bonds is 4. The van der Waals surface area contributed by atoms with E-state index in [2.05, 4.69) is 17.6 Å². The summed E-state index contributed by atoms with van der Waals surface area (Å²) in [5, 5.41) is 6.04. The summed E-state index contributed by atoms with van der Waals surface area (Å²) < 4.78 is 6.31. The SMILES string of the molecule is Cc1cccc(NC(=O)N2CC[C@]3(CC[C@H](C(=O)NCC4CC4)O3)[C@H](C)C2)c1. The van der Waals surface area contributed by atoms with E-state index in [0.29, 0.717) is 19.0 Å². The summed E-state index contributed by atoms with van der Waals surface area (Å²) in [7, 11) is 0. The number of nitrogens with zero attached hydrogens (tertiary/aromatic N) is 1. The van der Waals surface area contributed by atoms with Crippen molar-refractivity contribution in [1.82, 2.24) is 10.2 Å². The van der Waals surface area contributed by atoms with Crippen LogP contribution in [0.1, 0.15) is 44.6 Å². The number of likely N-dealkylation sites (tertiary alicyclic amines) is 1. The van der Waals surface area contributed by atoms with E-state index in [1.807, 2.05) is 36.1 Å². The molecule has 28 heavy (non-hydrogen) atoms. The van der Waals surface area contributed by atoms with Crippen molar-refractivity contribution in [2.45, 2.75) is 57.7 Å². The van der Waals surface area contributed by atoms with Gasteiger partial charge in [-0.3, -0.25) is 4.79 Å². The molecule has 0 bridgehead atoms. The van der Waals surface area contributed by atoms with Crippen LogP contribution in [0.2, 0.25) is 0 Å². The van der Waals surface area contributed by atoms with Gasteiger partial charge in [0.25, 0.3) is 0 Å². The van der Waals surface area contributed by atoms with E-state index in [1.165, 1.54) is 12.8 Å². The molecule has 1 aromatic rings. The smallest absolute Gasteiger partial charge is 0.321 e. The Morgan fingerprint density at radius 2 is 2.07 bits per heavy atom. The fourth-order valence-electron chi connectivity index (χ4n) is 4.46. The van der Waals surface area contributed by atoms with Crippen LogP contribution in [0.5, 0.6) is 0 Å². The quantitative estimate of drug-likeness (QED) is 0.835. The highest BCUT2D eigenvalue weighted by Crippen LogP contribution is 2.42. The highest BCUT2D eigenvalue weighted by Gasteiger charge is 2.49. The number of carbonyl (C=O) groups is 2. The number of amides is 3. The summed E-state index contributed by atoms with van der Waals surface area (Å²) in [6.45, 7) is 6.23. The zero-order valence-electron chi connectivity index (χ0n) is 16.9. The van der Waals surface area contributed by atoms with Crippen LogP contribution >= 0.6 is 0 Å². The average molecular weight is 386 g/mol. The maximum Gasteiger partial charge on any atom is 0.321 e. The van der Waals surface area contributed by atoms with Gasteiger partial charge in [0.15, 0.2) is 0 Å². The average Bonchev–Trinajstić information content (AvgIpc) is 3.40. The zero-order chi connectivity index (χ0) is 19.7. The number of aryl methyl sites for hydroxylation is 1. The first-order chi connectivity index (χ1) is 13.4. The Balaban J connectivity index is 1.30. The molecule has 1 aromatic carbocycles. The second-order valence-corrected chi connectivity index (χ2v) is 8.80. The first kappa shape index (κ1) is 19.2. The molecule has 3 atom stereocenters. The van der Waals surface area contributed by atoms with Crippen LogP contribution in [0, 0.1) is 18.8 Å². The molecule has 2 saturated heterocycles. The van der Waals surface area contributed by atoms with Crippen LogP contribution in [0.4, 0.5) is 10.5 Å². The first-order valence-corrected chi connectivity index (χ1v) is 10.5. The number of hydrogen-bond acceptors (Lipinski definition) is 3. The van der Waals surface area contributed by atoms with Gasteiger partial charge >= 0.3 is 6.03 Å². The van der Waals surface area contributed by atoms with Crippen molar-refractivity contribution >= 4 is 17.6 Å². The number of piperidine rings is 1. The molecule has 2 aliphatic heterocycles. The number of anilines is 1. The Labute approximate surface area is 167 Å². The van der Waals surface area contributed by atoms with Crippen molar-refractivity contribution in [3.05, 3.63) is 29.8 Å². The highest BCUT2D eigenvalue weighted by atomic mass is 16.5. The summed E-state index contributed by atoms with van der Waals surface area (Å²) in [6.07, 6.45) is 4.57. The minimum Gasteiger partial charge on any atom is -0.362 e. The van der Waals surface area contributed by atoms with E-state index in [1.54, 1.807) is 0 Å². The van der Waals surface area contributed by atoms with Crippen LogP contribution in [-0.4, -0.2) is 48.2 Å². The second-order valence-electron chi connectivity index (χ2n) is 8.80. The molecule has 0 radical (unpaired) electrons. The Bertz CT molecular complexity index is 748. The molecule has 2 N–H and O–H groups in total. The normalized spacial score (nSPS) is 29.7. The summed E-state index contributed by atoms with van der Waals surface area (Å²) in [5.74, 6) is 0.912. The summed E-state index contributed by atoms with van der Waals surface area (Å²) in [4.78, 5) is 26.9. The lowest BCUT2D eigenvalue weighted by Crippen LogP contribution is -2.54. The molecule has 3 amide bonds. The van der Waals surface area contributed by atoms with E-state index in [4.69, 9.17) is 4.74 Å². The number of benzene rings is 1. The fraction of sp³-hybridized carbons (Fsp3) is 0.636. The molecule has 1 saturated carbocycles. The molecular formula is C22H31N3O3. The molecule has 0 aromatic heterocycles. The lowest BCUT2D eigenvalue weighted by atomic mass is 9.80. The molecular weight excluding hydrogens is 354 g/mol.